The molecule has 0 aliphatic heterocycles. The summed E-state index contributed by atoms with van der Waals surface area (Å²) in [5.74, 6) is 0. The summed E-state index contributed by atoms with van der Waals surface area (Å²) in [7, 11) is -1.67. The maximum atomic E-state index is 8.46. The molecule has 0 bridgehead atoms. The normalized spacial score (nSPS) is 6.00. The van der Waals surface area contributed by atoms with Crippen LogP contribution in [-0.2, 0) is 9.13 Å². The molecule has 0 saturated heterocycles. The molecule has 44 valence electrons. The predicted molar refractivity (Wildman–Crippen MR) is 28.2 cm³/mol. The Morgan fingerprint density at radius 2 is 1.00 bits per heavy atom. The van der Waals surface area contributed by atoms with Crippen molar-refractivity contribution >= 4 is 34.4 Å². The first-order chi connectivity index (χ1) is 2.83. The molecule has 0 fully saturated rings. The molecular weight excluding hydrogens is 205 g/mol. The monoisotopic (exact) mass is 210 g/mol. The molecule has 0 rings (SSSR count). The van der Waals surface area contributed by atoms with Crippen LogP contribution >= 0.6 is 17.4 Å². The van der Waals surface area contributed by atoms with Gasteiger partial charge in [0.25, 0.3) is 0 Å². The van der Waals surface area contributed by atoms with E-state index in [4.69, 9.17) is 18.9 Å². The van der Waals surface area contributed by atoms with Crippen LogP contribution in [0.2, 0.25) is 0 Å². The first kappa shape index (κ1) is 15.6. The molecule has 0 saturated carbocycles. The van der Waals surface area contributed by atoms with E-state index < -0.39 is 17.4 Å². The molecule has 7 heteroatoms. The van der Waals surface area contributed by atoms with Gasteiger partial charge in [-0.05, 0) is 0 Å². The average Bonchev–Trinajstić information content (AvgIpc) is 1.39. The predicted octanol–water partition coefficient (Wildman–Crippen LogP) is -0.545. The Morgan fingerprint density at radius 3 is 1.00 bits per heavy atom. The zero-order valence-corrected chi connectivity index (χ0v) is 6.99. The minimum absolute atomic E-state index is 0. The molecule has 0 radical (unpaired) electrons. The SMILES string of the molecule is O=PO.O=PO.[SeH2]. The van der Waals surface area contributed by atoms with Crippen molar-refractivity contribution in [3.05, 3.63) is 0 Å². The Kier molecular flexibility index (Phi) is 67.7. The van der Waals surface area contributed by atoms with Gasteiger partial charge in [-0.1, -0.05) is 0 Å². The Hall–Kier alpha value is 0.639. The van der Waals surface area contributed by atoms with Gasteiger partial charge in [-0.15, -0.1) is 0 Å². The van der Waals surface area contributed by atoms with Crippen LogP contribution in [0.25, 0.3) is 0 Å². The van der Waals surface area contributed by atoms with E-state index >= 15 is 0 Å². The molecule has 2 N–H and O–H groups in total. The molecule has 0 atom stereocenters. The quantitative estimate of drug-likeness (QED) is 0.414. The average molecular weight is 209 g/mol. The third-order valence-corrected chi connectivity index (χ3v) is 0. The van der Waals surface area contributed by atoms with E-state index in [2.05, 4.69) is 0 Å². The Balaban J connectivity index is -0.0000000400. The van der Waals surface area contributed by atoms with E-state index in [0.29, 0.717) is 0 Å². The van der Waals surface area contributed by atoms with Crippen LogP contribution in [0.5, 0.6) is 0 Å². The molecule has 7 heavy (non-hydrogen) atoms. The molecule has 0 aromatic rings. The summed E-state index contributed by atoms with van der Waals surface area (Å²) in [6, 6.07) is 0. The fourth-order valence-corrected chi connectivity index (χ4v) is 0. The summed E-state index contributed by atoms with van der Waals surface area (Å²) in [6.45, 7) is 0. The van der Waals surface area contributed by atoms with E-state index in [1.165, 1.54) is 0 Å². The van der Waals surface area contributed by atoms with Crippen molar-refractivity contribution < 1.29 is 18.9 Å². The van der Waals surface area contributed by atoms with Crippen LogP contribution in [-0.4, -0.2) is 26.9 Å². The maximum absolute atomic E-state index is 8.46. The molecule has 0 amide bonds. The molecular formula is H4O4P2Se. The van der Waals surface area contributed by atoms with Gasteiger partial charge >= 0.3 is 34.4 Å². The zero-order valence-electron chi connectivity index (χ0n) is 3.11. The number of hydrogen-bond acceptors (Lipinski definition) is 2. The summed E-state index contributed by atoms with van der Waals surface area (Å²) < 4.78 is 16.9. The molecule has 0 aromatic carbocycles. The minimum atomic E-state index is -0.833. The third kappa shape index (κ3) is 349. The van der Waals surface area contributed by atoms with Gasteiger partial charge in [-0.2, -0.15) is 0 Å². The van der Waals surface area contributed by atoms with E-state index in [1.807, 2.05) is 0 Å². The molecule has 0 aliphatic rings. The summed E-state index contributed by atoms with van der Waals surface area (Å²) >= 11 is 0. The second kappa shape index (κ2) is 30.3. The van der Waals surface area contributed by atoms with Gasteiger partial charge in [-0.25, -0.2) is 9.13 Å². The molecule has 4 nitrogen and oxygen atoms in total. The van der Waals surface area contributed by atoms with E-state index in [9.17, 15) is 0 Å². The summed E-state index contributed by atoms with van der Waals surface area (Å²) in [6.07, 6.45) is 0. The Morgan fingerprint density at radius 1 is 1.00 bits per heavy atom. The second-order valence-corrected chi connectivity index (χ2v) is 0.490. The molecule has 0 heterocycles. The van der Waals surface area contributed by atoms with E-state index in [-0.39, 0.29) is 17.1 Å². The van der Waals surface area contributed by atoms with Crippen molar-refractivity contribution in [3.63, 3.8) is 0 Å². The van der Waals surface area contributed by atoms with Gasteiger partial charge in [-0.3, -0.25) is 0 Å². The fourth-order valence-electron chi connectivity index (χ4n) is 0. The Bertz CT molecular complexity index is 30.7. The van der Waals surface area contributed by atoms with Crippen LogP contribution in [0.1, 0.15) is 0 Å². The van der Waals surface area contributed by atoms with Crippen LogP contribution in [0.3, 0.4) is 0 Å². The standard InChI is InChI=1S/2HO2P.H2Se/c2*1-3-2;/h2*(H,1,2);1H2. The van der Waals surface area contributed by atoms with Gasteiger partial charge in [0.15, 0.2) is 0 Å². The first-order valence-electron chi connectivity index (χ1n) is 0.765. The van der Waals surface area contributed by atoms with Crippen LogP contribution in [0.15, 0.2) is 0 Å². The van der Waals surface area contributed by atoms with Gasteiger partial charge in [0.1, 0.15) is 0 Å². The molecule has 0 aliphatic carbocycles. The molecule has 0 aromatic heterocycles. The van der Waals surface area contributed by atoms with Crippen molar-refractivity contribution in [2.75, 3.05) is 0 Å². The van der Waals surface area contributed by atoms with Crippen molar-refractivity contribution in [2.45, 2.75) is 0 Å². The molecule has 0 unspecified atom stereocenters. The van der Waals surface area contributed by atoms with Gasteiger partial charge in [0.2, 0.25) is 0 Å². The van der Waals surface area contributed by atoms with Crippen molar-refractivity contribution in [2.24, 2.45) is 0 Å². The first-order valence-corrected chi connectivity index (χ1v) is 2.30. The summed E-state index contributed by atoms with van der Waals surface area (Å²) in [4.78, 5) is 14.0. The van der Waals surface area contributed by atoms with Crippen LogP contribution < -0.4 is 0 Å². The van der Waals surface area contributed by atoms with Gasteiger partial charge < -0.3 is 9.79 Å². The summed E-state index contributed by atoms with van der Waals surface area (Å²) in [5, 5.41) is 0. The van der Waals surface area contributed by atoms with Crippen LogP contribution in [0, 0.1) is 0 Å². The van der Waals surface area contributed by atoms with Gasteiger partial charge in [0, 0.05) is 0 Å². The fraction of sp³-hybridized carbons (Fsp3) is 0. The van der Waals surface area contributed by atoms with E-state index in [1.54, 1.807) is 0 Å². The Labute approximate surface area is 54.0 Å². The molecule has 0 spiro atoms. The topological polar surface area (TPSA) is 74.6 Å². The van der Waals surface area contributed by atoms with Gasteiger partial charge in [0.05, 0.1) is 0 Å². The van der Waals surface area contributed by atoms with Crippen molar-refractivity contribution in [1.29, 1.82) is 0 Å². The van der Waals surface area contributed by atoms with Crippen molar-refractivity contribution in [1.82, 2.24) is 0 Å². The van der Waals surface area contributed by atoms with Crippen molar-refractivity contribution in [3.8, 4) is 0 Å². The third-order valence-electron chi connectivity index (χ3n) is 0. The zero-order chi connectivity index (χ0) is 5.41. The number of hydrogen-bond donors (Lipinski definition) is 2. The number of rotatable bonds is 0. The van der Waals surface area contributed by atoms with E-state index in [0.717, 1.165) is 0 Å². The van der Waals surface area contributed by atoms with Crippen LogP contribution in [0.4, 0.5) is 0 Å². The second-order valence-electron chi connectivity index (χ2n) is 0.163. The summed E-state index contributed by atoms with van der Waals surface area (Å²) in [5.41, 5.74) is 0.